The summed E-state index contributed by atoms with van der Waals surface area (Å²) in [7, 11) is 0. The molecule has 7 nitrogen and oxygen atoms in total. The van der Waals surface area contributed by atoms with E-state index in [1.807, 2.05) is 0 Å². The normalized spacial score (nSPS) is 33.7. The molecule has 6 atom stereocenters. The first kappa shape index (κ1) is 21.9. The van der Waals surface area contributed by atoms with E-state index in [1.165, 1.54) is 31.0 Å². The Labute approximate surface area is 192 Å². The predicted octanol–water partition coefficient (Wildman–Crippen LogP) is 2.25. The molecule has 0 bridgehead atoms. The summed E-state index contributed by atoms with van der Waals surface area (Å²) >= 11 is 5.67. The molecule has 0 spiro atoms. The minimum atomic E-state index is -0.579. The van der Waals surface area contributed by atoms with Crippen LogP contribution in [0.3, 0.4) is 0 Å². The first-order valence-electron chi connectivity index (χ1n) is 11.7. The SMILES string of the molecule is O=C(COc1ccc(Cl)c(F)c1)NC1C[C@H](NC(=O)C2CNN3CCCCC23)C2CCC12. The molecule has 4 fully saturated rings. The molecule has 4 aliphatic rings. The average molecular weight is 465 g/mol. The van der Waals surface area contributed by atoms with Crippen molar-refractivity contribution in [3.05, 3.63) is 29.0 Å². The maximum absolute atomic E-state index is 13.5. The van der Waals surface area contributed by atoms with Crippen LogP contribution in [0.4, 0.5) is 4.39 Å². The number of piperidine rings is 1. The third-order valence-electron chi connectivity index (χ3n) is 7.72. The summed E-state index contributed by atoms with van der Waals surface area (Å²) in [6.07, 6.45) is 6.32. The Morgan fingerprint density at radius 2 is 1.94 bits per heavy atom. The van der Waals surface area contributed by atoms with Crippen LogP contribution in [0.2, 0.25) is 5.02 Å². The van der Waals surface area contributed by atoms with Crippen LogP contribution in [-0.4, -0.2) is 54.6 Å². The van der Waals surface area contributed by atoms with Gasteiger partial charge in [-0.3, -0.25) is 15.0 Å². The quantitative estimate of drug-likeness (QED) is 0.601. The zero-order valence-corrected chi connectivity index (χ0v) is 18.7. The summed E-state index contributed by atoms with van der Waals surface area (Å²) in [5.74, 6) is 0.406. The van der Waals surface area contributed by atoms with Crippen molar-refractivity contribution in [2.45, 2.75) is 56.7 Å². The Morgan fingerprint density at radius 3 is 2.69 bits per heavy atom. The Kier molecular flexibility index (Phi) is 6.27. The van der Waals surface area contributed by atoms with Gasteiger partial charge in [0.25, 0.3) is 5.91 Å². The molecule has 0 radical (unpaired) electrons. The molecule has 32 heavy (non-hydrogen) atoms. The van der Waals surface area contributed by atoms with Gasteiger partial charge in [0.05, 0.1) is 10.9 Å². The highest BCUT2D eigenvalue weighted by molar-refractivity contribution is 6.30. The van der Waals surface area contributed by atoms with Gasteiger partial charge in [-0.05, 0) is 56.1 Å². The standard InChI is InChI=1S/C23H30ClFN4O3/c24-17-7-4-13(9-18(17)25)32-12-22(30)27-19-10-20(15-6-5-14(15)19)28-23(31)16-11-26-29-8-2-1-3-21(16)29/h4,7,9,14-16,19-21,26H,1-3,5-6,8,10-12H2,(H,27,30)(H,28,31)/t14?,15?,16?,19?,20-,21?/m0/s1. The molecule has 2 saturated carbocycles. The number of benzene rings is 1. The number of hydrogen-bond donors (Lipinski definition) is 3. The van der Waals surface area contributed by atoms with Crippen molar-refractivity contribution in [3.8, 4) is 5.75 Å². The molecular weight excluding hydrogens is 435 g/mol. The highest BCUT2D eigenvalue weighted by Gasteiger charge is 2.50. The van der Waals surface area contributed by atoms with Crippen LogP contribution in [0.15, 0.2) is 18.2 Å². The lowest BCUT2D eigenvalue weighted by molar-refractivity contribution is -0.127. The molecule has 174 valence electrons. The summed E-state index contributed by atoms with van der Waals surface area (Å²) in [4.78, 5) is 25.5. The van der Waals surface area contributed by atoms with Crippen LogP contribution in [-0.2, 0) is 9.59 Å². The van der Waals surface area contributed by atoms with Gasteiger partial charge < -0.3 is 15.4 Å². The van der Waals surface area contributed by atoms with Crippen molar-refractivity contribution < 1.29 is 18.7 Å². The second-order valence-electron chi connectivity index (χ2n) is 9.52. The molecule has 1 aromatic rings. The van der Waals surface area contributed by atoms with E-state index in [9.17, 15) is 14.0 Å². The largest absolute Gasteiger partial charge is 0.484 e. The monoisotopic (exact) mass is 464 g/mol. The third kappa shape index (κ3) is 4.32. The molecule has 2 heterocycles. The number of carbonyl (C=O) groups excluding carboxylic acids is 2. The fourth-order valence-corrected chi connectivity index (χ4v) is 6.07. The van der Waals surface area contributed by atoms with Crippen LogP contribution in [0.1, 0.15) is 38.5 Å². The minimum absolute atomic E-state index is 0.00404. The van der Waals surface area contributed by atoms with Gasteiger partial charge in [-0.1, -0.05) is 18.0 Å². The highest BCUT2D eigenvalue weighted by Crippen LogP contribution is 2.47. The molecule has 0 aromatic heterocycles. The van der Waals surface area contributed by atoms with E-state index in [0.717, 1.165) is 32.2 Å². The summed E-state index contributed by atoms with van der Waals surface area (Å²) in [5, 5.41) is 8.64. The molecule has 5 unspecified atom stereocenters. The van der Waals surface area contributed by atoms with Gasteiger partial charge in [-0.15, -0.1) is 0 Å². The molecule has 9 heteroatoms. The van der Waals surface area contributed by atoms with Crippen LogP contribution in [0.5, 0.6) is 5.75 Å². The van der Waals surface area contributed by atoms with E-state index >= 15 is 0 Å². The maximum atomic E-state index is 13.5. The van der Waals surface area contributed by atoms with Crippen LogP contribution >= 0.6 is 11.6 Å². The van der Waals surface area contributed by atoms with Gasteiger partial charge in [-0.25, -0.2) is 9.40 Å². The topological polar surface area (TPSA) is 82.7 Å². The lowest BCUT2D eigenvalue weighted by atomic mass is 9.73. The second kappa shape index (κ2) is 9.15. The first-order valence-corrected chi connectivity index (χ1v) is 12.0. The lowest BCUT2D eigenvalue weighted by Gasteiger charge is -2.37. The van der Waals surface area contributed by atoms with Gasteiger partial charge in [0, 0.05) is 37.3 Å². The summed E-state index contributed by atoms with van der Waals surface area (Å²) in [6, 6.07) is 4.55. The van der Waals surface area contributed by atoms with E-state index in [-0.39, 0.29) is 47.2 Å². The summed E-state index contributed by atoms with van der Waals surface area (Å²) < 4.78 is 18.9. The van der Waals surface area contributed by atoms with Crippen molar-refractivity contribution in [2.75, 3.05) is 19.7 Å². The second-order valence-corrected chi connectivity index (χ2v) is 9.93. The van der Waals surface area contributed by atoms with Crippen molar-refractivity contribution >= 4 is 23.4 Å². The molecule has 3 N–H and O–H groups in total. The van der Waals surface area contributed by atoms with E-state index in [2.05, 4.69) is 21.1 Å². The van der Waals surface area contributed by atoms with Crippen molar-refractivity contribution in [1.82, 2.24) is 21.1 Å². The molecule has 2 aliphatic heterocycles. The third-order valence-corrected chi connectivity index (χ3v) is 8.03. The number of nitrogens with zero attached hydrogens (tertiary/aromatic N) is 1. The first-order chi connectivity index (χ1) is 15.5. The molecule has 2 amide bonds. The lowest BCUT2D eigenvalue weighted by Crippen LogP contribution is -2.48. The van der Waals surface area contributed by atoms with Gasteiger partial charge in [0.2, 0.25) is 5.91 Å². The zero-order valence-electron chi connectivity index (χ0n) is 18.0. The average Bonchev–Trinajstić information content (AvgIpc) is 3.26. The molecule has 1 aromatic carbocycles. The number of hydrogen-bond acceptors (Lipinski definition) is 5. The Bertz CT molecular complexity index is 887. The van der Waals surface area contributed by atoms with Crippen LogP contribution in [0.25, 0.3) is 0 Å². The van der Waals surface area contributed by atoms with Crippen molar-refractivity contribution in [2.24, 2.45) is 17.8 Å². The number of fused-ring (bicyclic) bond motifs is 2. The van der Waals surface area contributed by atoms with Crippen molar-refractivity contribution in [1.29, 1.82) is 0 Å². The number of rotatable bonds is 6. The van der Waals surface area contributed by atoms with Crippen molar-refractivity contribution in [3.63, 3.8) is 0 Å². The summed E-state index contributed by atoms with van der Waals surface area (Å²) in [6.45, 7) is 1.54. The van der Waals surface area contributed by atoms with Gasteiger partial charge in [0.1, 0.15) is 11.6 Å². The molecule has 2 aliphatic carbocycles. The van der Waals surface area contributed by atoms with Gasteiger partial charge in [-0.2, -0.15) is 0 Å². The zero-order chi connectivity index (χ0) is 22.2. The van der Waals surface area contributed by atoms with E-state index in [4.69, 9.17) is 16.3 Å². The Hall–Kier alpha value is -1.90. The number of nitrogens with one attached hydrogen (secondary N) is 3. The number of ether oxygens (including phenoxy) is 1. The highest BCUT2D eigenvalue weighted by atomic mass is 35.5. The van der Waals surface area contributed by atoms with Gasteiger partial charge >= 0.3 is 0 Å². The number of carbonyl (C=O) groups is 2. The predicted molar refractivity (Wildman–Crippen MR) is 117 cm³/mol. The molecule has 2 saturated heterocycles. The number of halogens is 2. The summed E-state index contributed by atoms with van der Waals surface area (Å²) in [5.41, 5.74) is 3.39. The fourth-order valence-electron chi connectivity index (χ4n) is 5.95. The number of amides is 2. The smallest absolute Gasteiger partial charge is 0.258 e. The fraction of sp³-hybridized carbons (Fsp3) is 0.652. The van der Waals surface area contributed by atoms with Crippen LogP contribution in [0, 0.1) is 23.6 Å². The maximum Gasteiger partial charge on any atom is 0.258 e. The minimum Gasteiger partial charge on any atom is -0.484 e. The Morgan fingerprint density at radius 1 is 1.16 bits per heavy atom. The number of hydrazine groups is 1. The van der Waals surface area contributed by atoms with E-state index in [1.54, 1.807) is 0 Å². The van der Waals surface area contributed by atoms with E-state index < -0.39 is 5.82 Å². The molecule has 5 rings (SSSR count). The Balaban J connectivity index is 1.12. The van der Waals surface area contributed by atoms with Gasteiger partial charge in [0.15, 0.2) is 6.61 Å². The van der Waals surface area contributed by atoms with Crippen LogP contribution < -0.4 is 20.8 Å². The van der Waals surface area contributed by atoms with E-state index in [0.29, 0.717) is 24.4 Å². The molecular formula is C23H30ClFN4O3.